The highest BCUT2D eigenvalue weighted by molar-refractivity contribution is 7.92. The number of hydrogen-bond donors (Lipinski definition) is 1. The average Bonchev–Trinajstić information content (AvgIpc) is 2.67. The van der Waals surface area contributed by atoms with Gasteiger partial charge in [0.2, 0.25) is 0 Å². The molecule has 0 bridgehead atoms. The first-order valence-electron chi connectivity index (χ1n) is 8.07. The molecule has 0 heterocycles. The molecule has 0 fully saturated rings. The van der Waals surface area contributed by atoms with Gasteiger partial charge in [-0.2, -0.15) is 0 Å². The van der Waals surface area contributed by atoms with Crippen molar-refractivity contribution in [3.05, 3.63) is 84.4 Å². The summed E-state index contributed by atoms with van der Waals surface area (Å²) in [5.74, 6) is 0.665. The topological polar surface area (TPSA) is 72.6 Å². The van der Waals surface area contributed by atoms with Crippen LogP contribution >= 0.6 is 0 Å². The number of sulfonamides is 1. The molecule has 3 rings (SSSR count). The predicted octanol–water partition coefficient (Wildman–Crippen LogP) is 3.67. The van der Waals surface area contributed by atoms with Crippen molar-refractivity contribution in [2.45, 2.75) is 11.4 Å². The normalized spacial score (nSPS) is 11.1. The lowest BCUT2D eigenvalue weighted by Gasteiger charge is -2.25. The molecule has 3 aromatic carbocycles. The van der Waals surface area contributed by atoms with E-state index < -0.39 is 10.0 Å². The highest BCUT2D eigenvalue weighted by Gasteiger charge is 2.25. The molecule has 2 N–H and O–H groups in total. The molecule has 0 aliphatic rings. The summed E-state index contributed by atoms with van der Waals surface area (Å²) >= 11 is 0. The maximum atomic E-state index is 13.3. The number of nitrogen functional groups attached to an aromatic ring is 1. The third-order valence-electron chi connectivity index (χ3n) is 4.00. The Morgan fingerprint density at radius 1 is 0.885 bits per heavy atom. The zero-order chi connectivity index (χ0) is 18.6. The van der Waals surface area contributed by atoms with Crippen molar-refractivity contribution in [3.8, 4) is 5.75 Å². The van der Waals surface area contributed by atoms with Gasteiger partial charge in [0.05, 0.1) is 24.2 Å². The molecular weight excluding hydrogens is 348 g/mol. The highest BCUT2D eigenvalue weighted by Crippen LogP contribution is 2.28. The maximum Gasteiger partial charge on any atom is 0.264 e. The fourth-order valence-electron chi connectivity index (χ4n) is 2.58. The lowest BCUT2D eigenvalue weighted by Crippen LogP contribution is -2.30. The number of rotatable bonds is 6. The molecule has 3 aromatic rings. The molecule has 6 heteroatoms. The molecule has 26 heavy (non-hydrogen) atoms. The van der Waals surface area contributed by atoms with E-state index >= 15 is 0 Å². The molecular formula is C20H20N2O3S. The summed E-state index contributed by atoms with van der Waals surface area (Å²) in [6.45, 7) is 0.222. The van der Waals surface area contributed by atoms with Gasteiger partial charge in [0, 0.05) is 5.69 Å². The number of hydrogen-bond acceptors (Lipinski definition) is 4. The Balaban J connectivity index is 2.05. The van der Waals surface area contributed by atoms with Gasteiger partial charge < -0.3 is 10.5 Å². The van der Waals surface area contributed by atoms with Crippen LogP contribution in [0.3, 0.4) is 0 Å². The van der Waals surface area contributed by atoms with Crippen LogP contribution in [0.2, 0.25) is 0 Å². The lowest BCUT2D eigenvalue weighted by molar-refractivity contribution is 0.415. The quantitative estimate of drug-likeness (QED) is 0.674. The maximum absolute atomic E-state index is 13.3. The van der Waals surface area contributed by atoms with Crippen molar-refractivity contribution in [3.63, 3.8) is 0 Å². The van der Waals surface area contributed by atoms with Gasteiger partial charge in [0.25, 0.3) is 10.0 Å². The molecule has 0 aliphatic heterocycles. The van der Waals surface area contributed by atoms with Crippen LogP contribution in [0.5, 0.6) is 5.75 Å². The van der Waals surface area contributed by atoms with Crippen LogP contribution < -0.4 is 14.8 Å². The van der Waals surface area contributed by atoms with Crippen molar-refractivity contribution < 1.29 is 13.2 Å². The molecule has 0 radical (unpaired) electrons. The minimum Gasteiger partial charge on any atom is -0.497 e. The van der Waals surface area contributed by atoms with Crippen molar-refractivity contribution in [1.82, 2.24) is 0 Å². The molecule has 134 valence electrons. The largest absolute Gasteiger partial charge is 0.497 e. The fourth-order valence-corrected chi connectivity index (χ4v) is 4.03. The third kappa shape index (κ3) is 3.81. The number of benzene rings is 3. The standard InChI is InChI=1S/C20H20N2O3S/c1-25-19-11-9-18(10-12-19)22(15-16-5-3-2-4-6-16)26(23,24)20-13-7-17(21)8-14-20/h2-14H,15,21H2,1H3. The third-order valence-corrected chi connectivity index (χ3v) is 5.79. The Kier molecular flexibility index (Phi) is 5.14. The van der Waals surface area contributed by atoms with Crippen molar-refractivity contribution in [1.29, 1.82) is 0 Å². The molecule has 0 spiro atoms. The summed E-state index contributed by atoms with van der Waals surface area (Å²) < 4.78 is 33.1. The van der Waals surface area contributed by atoms with Crippen LogP contribution in [0, 0.1) is 0 Å². The summed E-state index contributed by atoms with van der Waals surface area (Å²) in [7, 11) is -2.18. The molecule has 0 aromatic heterocycles. The Hall–Kier alpha value is -2.99. The number of nitrogens with two attached hydrogens (primary N) is 1. The number of anilines is 2. The van der Waals surface area contributed by atoms with Gasteiger partial charge in [-0.25, -0.2) is 8.42 Å². The minimum atomic E-state index is -3.75. The number of nitrogens with zero attached hydrogens (tertiary/aromatic N) is 1. The van der Waals surface area contributed by atoms with Crippen LogP contribution in [0.1, 0.15) is 5.56 Å². The highest BCUT2D eigenvalue weighted by atomic mass is 32.2. The molecule has 5 nitrogen and oxygen atoms in total. The first-order valence-corrected chi connectivity index (χ1v) is 9.51. The Labute approximate surface area is 153 Å². The second kappa shape index (κ2) is 7.49. The van der Waals surface area contributed by atoms with Crippen LogP contribution in [0.4, 0.5) is 11.4 Å². The van der Waals surface area contributed by atoms with E-state index in [9.17, 15) is 8.42 Å². The zero-order valence-corrected chi connectivity index (χ0v) is 15.2. The van der Waals surface area contributed by atoms with Gasteiger partial charge in [-0.1, -0.05) is 30.3 Å². The second-order valence-electron chi connectivity index (χ2n) is 5.76. The summed E-state index contributed by atoms with van der Waals surface area (Å²) in [5, 5.41) is 0. The Morgan fingerprint density at radius 2 is 1.50 bits per heavy atom. The van der Waals surface area contributed by atoms with E-state index in [2.05, 4.69) is 0 Å². The van der Waals surface area contributed by atoms with E-state index in [0.717, 1.165) is 5.56 Å². The van der Waals surface area contributed by atoms with Gasteiger partial charge in [0.15, 0.2) is 0 Å². The first kappa shape index (κ1) is 17.8. The van der Waals surface area contributed by atoms with Gasteiger partial charge in [0.1, 0.15) is 5.75 Å². The summed E-state index contributed by atoms with van der Waals surface area (Å²) in [6, 6.07) is 22.6. The van der Waals surface area contributed by atoms with Crippen molar-refractivity contribution in [2.24, 2.45) is 0 Å². The van der Waals surface area contributed by atoms with E-state index in [-0.39, 0.29) is 11.4 Å². The molecule has 0 aliphatic carbocycles. The molecule has 0 atom stereocenters. The monoisotopic (exact) mass is 368 g/mol. The molecule has 0 unspecified atom stereocenters. The lowest BCUT2D eigenvalue weighted by atomic mass is 10.2. The zero-order valence-electron chi connectivity index (χ0n) is 14.4. The summed E-state index contributed by atoms with van der Waals surface area (Å²) in [5.41, 5.74) is 7.66. The SMILES string of the molecule is COc1ccc(N(Cc2ccccc2)S(=O)(=O)c2ccc(N)cc2)cc1. The van der Waals surface area contributed by atoms with E-state index in [0.29, 0.717) is 17.1 Å². The fraction of sp³-hybridized carbons (Fsp3) is 0.100. The van der Waals surface area contributed by atoms with Gasteiger partial charge in [-0.15, -0.1) is 0 Å². The second-order valence-corrected chi connectivity index (χ2v) is 7.63. The van der Waals surface area contributed by atoms with Crippen molar-refractivity contribution >= 4 is 21.4 Å². The summed E-state index contributed by atoms with van der Waals surface area (Å²) in [4.78, 5) is 0.193. The number of methoxy groups -OCH3 is 1. The van der Waals surface area contributed by atoms with E-state index in [4.69, 9.17) is 10.5 Å². The average molecular weight is 368 g/mol. The van der Waals surface area contributed by atoms with Crippen LogP contribution in [-0.2, 0) is 16.6 Å². The predicted molar refractivity (Wildman–Crippen MR) is 104 cm³/mol. The van der Waals surface area contributed by atoms with Crippen LogP contribution in [0.15, 0.2) is 83.8 Å². The number of ether oxygens (including phenoxy) is 1. The van der Waals surface area contributed by atoms with Gasteiger partial charge >= 0.3 is 0 Å². The van der Waals surface area contributed by atoms with E-state index in [1.165, 1.54) is 16.4 Å². The van der Waals surface area contributed by atoms with Crippen molar-refractivity contribution in [2.75, 3.05) is 17.1 Å². The molecule has 0 saturated heterocycles. The molecule has 0 saturated carbocycles. The molecule has 0 amide bonds. The van der Waals surface area contributed by atoms with Crippen LogP contribution in [0.25, 0.3) is 0 Å². The van der Waals surface area contributed by atoms with Crippen LogP contribution in [-0.4, -0.2) is 15.5 Å². The summed E-state index contributed by atoms with van der Waals surface area (Å²) in [6.07, 6.45) is 0. The first-order chi connectivity index (χ1) is 12.5. The van der Waals surface area contributed by atoms with E-state index in [1.807, 2.05) is 30.3 Å². The Bertz CT molecular complexity index is 954. The van der Waals surface area contributed by atoms with Gasteiger partial charge in [-0.05, 0) is 54.1 Å². The minimum absolute atomic E-state index is 0.193. The smallest absolute Gasteiger partial charge is 0.264 e. The van der Waals surface area contributed by atoms with E-state index in [1.54, 1.807) is 43.5 Å². The Morgan fingerprint density at radius 3 is 2.08 bits per heavy atom. The van der Waals surface area contributed by atoms with Gasteiger partial charge in [-0.3, -0.25) is 4.31 Å².